The fraction of sp³-hybridized carbons (Fsp3) is 0.100. The van der Waals surface area contributed by atoms with E-state index in [1.807, 2.05) is 0 Å². The molecular formula is C10H8BrFO. The lowest BCUT2D eigenvalue weighted by Crippen LogP contribution is -1.84. The van der Waals surface area contributed by atoms with E-state index in [9.17, 15) is 9.18 Å². The molecule has 0 atom stereocenters. The third-order valence-corrected chi connectivity index (χ3v) is 2.02. The van der Waals surface area contributed by atoms with Gasteiger partial charge in [0.2, 0.25) is 0 Å². The number of hydrogen-bond acceptors (Lipinski definition) is 1. The summed E-state index contributed by atoms with van der Waals surface area (Å²) in [6.45, 7) is 1.63. The zero-order valence-electron chi connectivity index (χ0n) is 7.05. The summed E-state index contributed by atoms with van der Waals surface area (Å²) in [6, 6.07) is 4.60. The number of aldehydes is 1. The van der Waals surface area contributed by atoms with Crippen LogP contribution in [0.3, 0.4) is 0 Å². The highest BCUT2D eigenvalue weighted by molar-refractivity contribution is 9.10. The zero-order valence-corrected chi connectivity index (χ0v) is 8.64. The summed E-state index contributed by atoms with van der Waals surface area (Å²) >= 11 is 3.22. The number of halogens is 2. The lowest BCUT2D eigenvalue weighted by Gasteiger charge is -1.97. The first kappa shape index (κ1) is 10.1. The molecule has 1 nitrogen and oxygen atoms in total. The minimum atomic E-state index is -0.329. The molecule has 0 aromatic heterocycles. The van der Waals surface area contributed by atoms with E-state index in [1.54, 1.807) is 19.1 Å². The Labute approximate surface area is 84.4 Å². The van der Waals surface area contributed by atoms with Gasteiger partial charge in [-0.3, -0.25) is 4.79 Å². The van der Waals surface area contributed by atoms with Crippen LogP contribution in [0, 0.1) is 5.82 Å². The summed E-state index contributed by atoms with van der Waals surface area (Å²) in [5.41, 5.74) is 0.913. The van der Waals surface area contributed by atoms with Gasteiger partial charge >= 0.3 is 0 Å². The molecule has 0 spiro atoms. The molecule has 1 aromatic carbocycles. The maximum Gasteiger partial charge on any atom is 0.145 e. The molecule has 3 heteroatoms. The van der Waals surface area contributed by atoms with Crippen LogP contribution >= 0.6 is 15.9 Å². The first-order valence-corrected chi connectivity index (χ1v) is 4.51. The van der Waals surface area contributed by atoms with Crippen molar-refractivity contribution in [1.29, 1.82) is 0 Å². The first-order chi connectivity index (χ1) is 6.13. The summed E-state index contributed by atoms with van der Waals surface area (Å²) in [5.74, 6) is -0.329. The van der Waals surface area contributed by atoms with E-state index in [0.717, 1.165) is 4.47 Å². The van der Waals surface area contributed by atoms with Gasteiger partial charge < -0.3 is 0 Å². The lowest BCUT2D eigenvalue weighted by atomic mass is 10.1. The Morgan fingerprint density at radius 3 is 2.85 bits per heavy atom. The van der Waals surface area contributed by atoms with Crippen molar-refractivity contribution < 1.29 is 9.18 Å². The Hall–Kier alpha value is -0.960. The SMILES string of the molecule is C/C(C=O)=C/c1cc(Br)ccc1F. The van der Waals surface area contributed by atoms with Gasteiger partial charge in [0, 0.05) is 10.0 Å². The van der Waals surface area contributed by atoms with Crippen molar-refractivity contribution in [2.45, 2.75) is 6.92 Å². The maximum absolute atomic E-state index is 13.1. The number of carbonyl (C=O) groups is 1. The van der Waals surface area contributed by atoms with Crippen molar-refractivity contribution in [2.24, 2.45) is 0 Å². The van der Waals surface area contributed by atoms with E-state index in [-0.39, 0.29) is 5.82 Å². The molecule has 0 aliphatic carbocycles. The van der Waals surface area contributed by atoms with E-state index in [4.69, 9.17) is 0 Å². The van der Waals surface area contributed by atoms with Gasteiger partial charge in [-0.15, -0.1) is 0 Å². The number of hydrogen-bond donors (Lipinski definition) is 0. The van der Waals surface area contributed by atoms with E-state index in [0.29, 0.717) is 17.4 Å². The van der Waals surface area contributed by atoms with E-state index in [1.165, 1.54) is 12.1 Å². The fourth-order valence-electron chi connectivity index (χ4n) is 0.905. The molecule has 13 heavy (non-hydrogen) atoms. The van der Waals surface area contributed by atoms with Crippen LogP contribution in [0.2, 0.25) is 0 Å². The van der Waals surface area contributed by atoms with Crippen LogP contribution in [0.25, 0.3) is 6.08 Å². The molecule has 1 rings (SSSR count). The standard InChI is InChI=1S/C10H8BrFO/c1-7(6-13)4-8-5-9(11)2-3-10(8)12/h2-6H,1H3/b7-4-. The third kappa shape index (κ3) is 2.77. The normalized spacial score (nSPS) is 11.5. The average molecular weight is 243 g/mol. The summed E-state index contributed by atoms with van der Waals surface area (Å²) < 4.78 is 13.9. The van der Waals surface area contributed by atoms with Gasteiger partial charge in [-0.25, -0.2) is 4.39 Å². The van der Waals surface area contributed by atoms with Crippen molar-refractivity contribution in [2.75, 3.05) is 0 Å². The van der Waals surface area contributed by atoms with E-state index < -0.39 is 0 Å². The Bertz CT molecular complexity index is 358. The van der Waals surface area contributed by atoms with Crippen LogP contribution in [0.5, 0.6) is 0 Å². The highest BCUT2D eigenvalue weighted by Gasteiger charge is 1.99. The quantitative estimate of drug-likeness (QED) is 0.575. The Morgan fingerprint density at radius 2 is 2.23 bits per heavy atom. The zero-order chi connectivity index (χ0) is 9.84. The molecule has 0 heterocycles. The molecule has 0 amide bonds. The van der Waals surface area contributed by atoms with Crippen molar-refractivity contribution in [3.63, 3.8) is 0 Å². The van der Waals surface area contributed by atoms with Crippen LogP contribution in [-0.4, -0.2) is 6.29 Å². The monoisotopic (exact) mass is 242 g/mol. The molecule has 0 unspecified atom stereocenters. The minimum Gasteiger partial charge on any atom is -0.298 e. The maximum atomic E-state index is 13.1. The Morgan fingerprint density at radius 1 is 1.54 bits per heavy atom. The summed E-state index contributed by atoms with van der Waals surface area (Å²) in [5, 5.41) is 0. The number of allylic oxidation sites excluding steroid dienone is 1. The van der Waals surface area contributed by atoms with E-state index in [2.05, 4.69) is 15.9 Å². The highest BCUT2D eigenvalue weighted by atomic mass is 79.9. The van der Waals surface area contributed by atoms with Crippen LogP contribution in [-0.2, 0) is 4.79 Å². The average Bonchev–Trinajstić information content (AvgIpc) is 2.11. The molecule has 68 valence electrons. The minimum absolute atomic E-state index is 0.329. The van der Waals surface area contributed by atoms with Gasteiger partial charge in [0.25, 0.3) is 0 Å². The molecule has 0 saturated carbocycles. The van der Waals surface area contributed by atoms with Crippen molar-refractivity contribution in [3.05, 3.63) is 39.6 Å². The van der Waals surface area contributed by atoms with Gasteiger partial charge in [0.15, 0.2) is 0 Å². The molecule has 0 aliphatic heterocycles. The number of benzene rings is 1. The molecule has 0 aliphatic rings. The van der Waals surface area contributed by atoms with E-state index >= 15 is 0 Å². The van der Waals surface area contributed by atoms with Gasteiger partial charge in [0.05, 0.1) is 0 Å². The lowest BCUT2D eigenvalue weighted by molar-refractivity contribution is -0.104. The van der Waals surface area contributed by atoms with Gasteiger partial charge in [-0.1, -0.05) is 15.9 Å². The van der Waals surface area contributed by atoms with Crippen molar-refractivity contribution in [1.82, 2.24) is 0 Å². The largest absolute Gasteiger partial charge is 0.298 e. The van der Waals surface area contributed by atoms with Crippen molar-refractivity contribution >= 4 is 28.3 Å². The highest BCUT2D eigenvalue weighted by Crippen LogP contribution is 2.17. The number of carbonyl (C=O) groups excluding carboxylic acids is 1. The Kier molecular flexibility index (Phi) is 3.37. The number of rotatable bonds is 2. The molecular weight excluding hydrogens is 235 g/mol. The predicted molar refractivity (Wildman–Crippen MR) is 53.8 cm³/mol. The predicted octanol–water partition coefficient (Wildman–Crippen LogP) is 3.19. The molecule has 0 fully saturated rings. The molecule has 1 aromatic rings. The molecule has 0 saturated heterocycles. The van der Waals surface area contributed by atoms with Gasteiger partial charge in [-0.2, -0.15) is 0 Å². The molecule has 0 N–H and O–H groups in total. The second kappa shape index (κ2) is 4.33. The fourth-order valence-corrected chi connectivity index (χ4v) is 1.28. The van der Waals surface area contributed by atoms with Crippen LogP contribution in [0.15, 0.2) is 28.2 Å². The van der Waals surface area contributed by atoms with Gasteiger partial charge in [-0.05, 0) is 36.8 Å². The smallest absolute Gasteiger partial charge is 0.145 e. The second-order valence-corrected chi connectivity index (χ2v) is 3.59. The van der Waals surface area contributed by atoms with Gasteiger partial charge in [0.1, 0.15) is 12.1 Å². The molecule has 0 bridgehead atoms. The second-order valence-electron chi connectivity index (χ2n) is 2.67. The van der Waals surface area contributed by atoms with Crippen molar-refractivity contribution in [3.8, 4) is 0 Å². The van der Waals surface area contributed by atoms with Crippen LogP contribution in [0.1, 0.15) is 12.5 Å². The topological polar surface area (TPSA) is 17.1 Å². The first-order valence-electron chi connectivity index (χ1n) is 3.72. The third-order valence-electron chi connectivity index (χ3n) is 1.53. The van der Waals surface area contributed by atoms with Crippen LogP contribution in [0.4, 0.5) is 4.39 Å². The summed E-state index contributed by atoms with van der Waals surface area (Å²) in [7, 11) is 0. The summed E-state index contributed by atoms with van der Waals surface area (Å²) in [6.07, 6.45) is 2.20. The molecule has 0 radical (unpaired) electrons. The Balaban J connectivity index is 3.13. The van der Waals surface area contributed by atoms with Crippen LogP contribution < -0.4 is 0 Å². The summed E-state index contributed by atoms with van der Waals surface area (Å²) in [4.78, 5) is 10.3.